The molecule has 0 radical (unpaired) electrons. The highest BCUT2D eigenvalue weighted by molar-refractivity contribution is 7.15. The van der Waals surface area contributed by atoms with Gasteiger partial charge >= 0.3 is 0 Å². The monoisotopic (exact) mass is 477 g/mol. The van der Waals surface area contributed by atoms with Gasteiger partial charge in [0.25, 0.3) is 0 Å². The van der Waals surface area contributed by atoms with Gasteiger partial charge in [-0.05, 0) is 11.1 Å². The maximum Gasteiger partial charge on any atom is 0.194 e. The fourth-order valence-electron chi connectivity index (χ4n) is 4.84. The minimum Gasteiger partial charge on any atom is -0.294 e. The van der Waals surface area contributed by atoms with Crippen LogP contribution in [0, 0.1) is 0 Å². The molecule has 5 aromatic rings. The molecule has 6 rings (SSSR count). The van der Waals surface area contributed by atoms with Gasteiger partial charge in [-0.15, -0.1) is 11.3 Å². The van der Waals surface area contributed by atoms with E-state index in [9.17, 15) is 0 Å². The SMILES string of the molecule is C(=NN1CCN(C(c2ccccc2)c2ccccc2)CC1)c1c(-c2ccccc2)nc2sccn12. The zero-order valence-corrected chi connectivity index (χ0v) is 20.3. The van der Waals surface area contributed by atoms with Gasteiger partial charge in [-0.1, -0.05) is 91.0 Å². The summed E-state index contributed by atoms with van der Waals surface area (Å²) in [6, 6.07) is 32.3. The molecule has 0 spiro atoms. The molecule has 35 heavy (non-hydrogen) atoms. The number of nitrogens with zero attached hydrogens (tertiary/aromatic N) is 5. The molecule has 1 saturated heterocycles. The summed E-state index contributed by atoms with van der Waals surface area (Å²) in [5, 5.41) is 9.16. The molecule has 5 nitrogen and oxygen atoms in total. The molecule has 0 amide bonds. The van der Waals surface area contributed by atoms with Crippen molar-refractivity contribution < 1.29 is 0 Å². The number of hydrogen-bond acceptors (Lipinski definition) is 5. The molecule has 0 N–H and O–H groups in total. The Bertz CT molecular complexity index is 1360. The van der Waals surface area contributed by atoms with Crippen molar-refractivity contribution in [1.82, 2.24) is 19.3 Å². The van der Waals surface area contributed by atoms with Gasteiger partial charge in [-0.25, -0.2) is 4.98 Å². The van der Waals surface area contributed by atoms with E-state index in [1.165, 1.54) is 11.1 Å². The summed E-state index contributed by atoms with van der Waals surface area (Å²) in [5.41, 5.74) is 5.79. The van der Waals surface area contributed by atoms with Crippen molar-refractivity contribution in [2.45, 2.75) is 6.04 Å². The number of fused-ring (bicyclic) bond motifs is 1. The molecule has 1 aliphatic heterocycles. The van der Waals surface area contributed by atoms with Crippen LogP contribution in [0.25, 0.3) is 16.2 Å². The van der Waals surface area contributed by atoms with E-state index < -0.39 is 0 Å². The average molecular weight is 478 g/mol. The van der Waals surface area contributed by atoms with E-state index in [0.717, 1.165) is 48.1 Å². The van der Waals surface area contributed by atoms with Crippen LogP contribution in [-0.2, 0) is 0 Å². The number of piperazine rings is 1. The molecule has 3 aromatic carbocycles. The van der Waals surface area contributed by atoms with Crippen LogP contribution in [0.4, 0.5) is 0 Å². The molecule has 0 bridgehead atoms. The highest BCUT2D eigenvalue weighted by Gasteiger charge is 2.26. The van der Waals surface area contributed by atoms with Crippen LogP contribution in [-0.4, -0.2) is 51.7 Å². The van der Waals surface area contributed by atoms with E-state index >= 15 is 0 Å². The number of rotatable bonds is 6. The first-order valence-electron chi connectivity index (χ1n) is 12.0. The largest absolute Gasteiger partial charge is 0.294 e. The van der Waals surface area contributed by atoms with Crippen LogP contribution < -0.4 is 0 Å². The molecule has 2 aromatic heterocycles. The summed E-state index contributed by atoms with van der Waals surface area (Å²) in [5.74, 6) is 0. The average Bonchev–Trinajstić information content (AvgIpc) is 3.52. The number of imidazole rings is 1. The summed E-state index contributed by atoms with van der Waals surface area (Å²) < 4.78 is 2.13. The highest BCUT2D eigenvalue weighted by atomic mass is 32.1. The lowest BCUT2D eigenvalue weighted by Gasteiger charge is -2.38. The van der Waals surface area contributed by atoms with Crippen LogP contribution in [0.5, 0.6) is 0 Å². The van der Waals surface area contributed by atoms with Crippen LogP contribution in [0.1, 0.15) is 22.9 Å². The Hall–Kier alpha value is -3.74. The number of aromatic nitrogens is 2. The Morgan fingerprint density at radius 2 is 1.37 bits per heavy atom. The predicted octanol–water partition coefficient (Wildman–Crippen LogP) is 5.80. The van der Waals surface area contributed by atoms with Crippen LogP contribution in [0.3, 0.4) is 0 Å². The molecular formula is C29H27N5S. The second-order valence-corrected chi connectivity index (χ2v) is 9.60. The van der Waals surface area contributed by atoms with Gasteiger partial charge in [0.15, 0.2) is 4.96 Å². The number of thiazole rings is 1. The minimum atomic E-state index is 0.258. The molecule has 1 aliphatic rings. The molecule has 6 heteroatoms. The zero-order chi connectivity index (χ0) is 23.5. The second kappa shape index (κ2) is 9.86. The van der Waals surface area contributed by atoms with E-state index in [0.29, 0.717) is 0 Å². The predicted molar refractivity (Wildman–Crippen MR) is 144 cm³/mol. The summed E-state index contributed by atoms with van der Waals surface area (Å²) in [6.07, 6.45) is 4.06. The van der Waals surface area contributed by atoms with Crippen molar-refractivity contribution >= 4 is 22.5 Å². The third-order valence-electron chi connectivity index (χ3n) is 6.58. The lowest BCUT2D eigenvalue weighted by molar-refractivity contribution is 0.113. The van der Waals surface area contributed by atoms with Gasteiger partial charge in [-0.2, -0.15) is 5.10 Å². The van der Waals surface area contributed by atoms with Gasteiger partial charge in [0.05, 0.1) is 23.6 Å². The fourth-order valence-corrected chi connectivity index (χ4v) is 5.56. The zero-order valence-electron chi connectivity index (χ0n) is 19.4. The lowest BCUT2D eigenvalue weighted by atomic mass is 9.96. The minimum absolute atomic E-state index is 0.258. The van der Waals surface area contributed by atoms with E-state index in [4.69, 9.17) is 10.1 Å². The number of hydrogen-bond donors (Lipinski definition) is 0. The molecule has 0 saturated carbocycles. The first-order chi connectivity index (χ1) is 17.4. The Kier molecular flexibility index (Phi) is 6.13. The molecular weight excluding hydrogens is 450 g/mol. The van der Waals surface area contributed by atoms with Crippen molar-refractivity contribution in [3.8, 4) is 11.3 Å². The molecule has 0 unspecified atom stereocenters. The van der Waals surface area contributed by atoms with Crippen LogP contribution in [0.15, 0.2) is 108 Å². The normalized spacial score (nSPS) is 14.9. The van der Waals surface area contributed by atoms with Gasteiger partial charge in [0.1, 0.15) is 0 Å². The summed E-state index contributed by atoms with van der Waals surface area (Å²) in [4.78, 5) is 8.43. The van der Waals surface area contributed by atoms with E-state index in [-0.39, 0.29) is 6.04 Å². The Balaban J connectivity index is 1.22. The fraction of sp³-hybridized carbons (Fsp3) is 0.172. The van der Waals surface area contributed by atoms with Crippen molar-refractivity contribution in [3.63, 3.8) is 0 Å². The molecule has 0 aliphatic carbocycles. The molecule has 0 atom stereocenters. The van der Waals surface area contributed by atoms with Crippen LogP contribution >= 0.6 is 11.3 Å². The quantitative estimate of drug-likeness (QED) is 0.290. The van der Waals surface area contributed by atoms with Crippen molar-refractivity contribution in [2.24, 2.45) is 5.10 Å². The Labute approximate surface area is 209 Å². The number of benzene rings is 3. The Morgan fingerprint density at radius 1 is 0.771 bits per heavy atom. The first kappa shape index (κ1) is 21.8. The maximum absolute atomic E-state index is 4.91. The highest BCUT2D eigenvalue weighted by Crippen LogP contribution is 2.30. The topological polar surface area (TPSA) is 36.1 Å². The summed E-state index contributed by atoms with van der Waals surface area (Å²) in [6.45, 7) is 3.69. The standard InChI is InChI=1S/C29H27N5S/c1-4-10-23(11-5-1)27-26(34-20-21-35-29(34)31-27)22-30-33-18-16-32(17-19-33)28(24-12-6-2-7-13-24)25-14-8-3-9-15-25/h1-15,20-22,28H,16-19H2. The molecule has 174 valence electrons. The maximum atomic E-state index is 4.91. The van der Waals surface area contributed by atoms with Gasteiger partial charge < -0.3 is 0 Å². The van der Waals surface area contributed by atoms with Crippen molar-refractivity contribution in [1.29, 1.82) is 0 Å². The van der Waals surface area contributed by atoms with Gasteiger partial charge in [-0.3, -0.25) is 14.3 Å². The van der Waals surface area contributed by atoms with E-state index in [1.807, 2.05) is 12.3 Å². The van der Waals surface area contributed by atoms with Gasteiger partial charge in [0.2, 0.25) is 0 Å². The third-order valence-corrected chi connectivity index (χ3v) is 7.33. The third kappa shape index (κ3) is 4.50. The lowest BCUT2D eigenvalue weighted by Crippen LogP contribution is -2.45. The van der Waals surface area contributed by atoms with E-state index in [1.54, 1.807) is 11.3 Å². The summed E-state index contributed by atoms with van der Waals surface area (Å²) in [7, 11) is 0. The molecule has 3 heterocycles. The second-order valence-electron chi connectivity index (χ2n) is 8.73. The summed E-state index contributed by atoms with van der Waals surface area (Å²) >= 11 is 1.65. The van der Waals surface area contributed by atoms with Crippen molar-refractivity contribution in [3.05, 3.63) is 119 Å². The van der Waals surface area contributed by atoms with Crippen molar-refractivity contribution in [2.75, 3.05) is 26.2 Å². The van der Waals surface area contributed by atoms with Gasteiger partial charge in [0, 0.05) is 43.3 Å². The Morgan fingerprint density at radius 3 is 2.00 bits per heavy atom. The molecule has 1 fully saturated rings. The van der Waals surface area contributed by atoms with Crippen LogP contribution in [0.2, 0.25) is 0 Å². The van der Waals surface area contributed by atoms with E-state index in [2.05, 4.69) is 111 Å². The first-order valence-corrected chi connectivity index (χ1v) is 12.9. The number of hydrazone groups is 1. The smallest absolute Gasteiger partial charge is 0.194 e.